The van der Waals surface area contributed by atoms with Crippen LogP contribution in [0.25, 0.3) is 11.3 Å². The molecule has 2 aromatic rings. The molecule has 130 valence electrons. The number of pyridine rings is 1. The van der Waals surface area contributed by atoms with Gasteiger partial charge in [0.25, 0.3) is 0 Å². The first-order valence-corrected chi connectivity index (χ1v) is 10.4. The van der Waals surface area contributed by atoms with Crippen LogP contribution >= 0.6 is 0 Å². The highest BCUT2D eigenvalue weighted by molar-refractivity contribution is 7.92. The number of ketones is 1. The summed E-state index contributed by atoms with van der Waals surface area (Å²) in [5.74, 6) is -0.0844. The third kappa shape index (κ3) is 3.01. The number of hydrogen-bond donors (Lipinski definition) is 0. The summed E-state index contributed by atoms with van der Waals surface area (Å²) in [5.41, 5.74) is 2.52. The Hall–Kier alpha value is -2.01. The summed E-state index contributed by atoms with van der Waals surface area (Å²) in [6, 6.07) is 13.2. The zero-order valence-electron chi connectivity index (χ0n) is 14.0. The standard InChI is InChI=1S/C20H21NO3S/c22-20(16-12-17-4-3-5-18(13-16)25(17,23)24)15-9-7-14(8-10-15)19-6-1-2-11-21-19/h1-2,6-11,16-18H,3-5,12-13H2. The molecule has 0 amide bonds. The van der Waals surface area contributed by atoms with Gasteiger partial charge in [0.1, 0.15) is 0 Å². The Bertz CT molecular complexity index is 855. The molecule has 4 rings (SSSR count). The zero-order valence-corrected chi connectivity index (χ0v) is 14.8. The number of nitrogens with zero attached hydrogens (tertiary/aromatic N) is 1. The molecule has 2 unspecified atom stereocenters. The monoisotopic (exact) mass is 355 g/mol. The number of sulfone groups is 1. The maximum atomic E-state index is 12.9. The normalized spacial score (nSPS) is 27.6. The molecule has 0 N–H and O–H groups in total. The molecule has 1 aromatic carbocycles. The number of aromatic nitrogens is 1. The Balaban J connectivity index is 1.54. The van der Waals surface area contributed by atoms with Crippen molar-refractivity contribution in [2.75, 3.05) is 0 Å². The van der Waals surface area contributed by atoms with Crippen LogP contribution in [0.3, 0.4) is 0 Å². The summed E-state index contributed by atoms with van der Waals surface area (Å²) in [5, 5.41) is -0.636. The summed E-state index contributed by atoms with van der Waals surface area (Å²) in [7, 11) is -3.02. The molecule has 25 heavy (non-hydrogen) atoms. The lowest BCUT2D eigenvalue weighted by atomic mass is 9.84. The molecule has 2 atom stereocenters. The van der Waals surface area contributed by atoms with Gasteiger partial charge in [-0.25, -0.2) is 8.42 Å². The smallest absolute Gasteiger partial charge is 0.166 e. The summed E-state index contributed by atoms with van der Waals surface area (Å²) in [4.78, 5) is 17.2. The van der Waals surface area contributed by atoms with Gasteiger partial charge in [0, 0.05) is 23.2 Å². The third-order valence-electron chi connectivity index (χ3n) is 5.58. The van der Waals surface area contributed by atoms with Gasteiger partial charge in [-0.05, 0) is 37.8 Å². The maximum absolute atomic E-state index is 12.9. The fourth-order valence-corrected chi connectivity index (χ4v) is 6.73. The Morgan fingerprint density at radius 2 is 1.64 bits per heavy atom. The molecule has 2 saturated heterocycles. The van der Waals surface area contributed by atoms with Gasteiger partial charge in [-0.3, -0.25) is 9.78 Å². The average Bonchev–Trinajstić information content (AvgIpc) is 2.61. The highest BCUT2D eigenvalue weighted by Crippen LogP contribution is 2.40. The van der Waals surface area contributed by atoms with E-state index in [0.717, 1.165) is 17.7 Å². The van der Waals surface area contributed by atoms with E-state index < -0.39 is 9.84 Å². The molecule has 2 bridgehead atoms. The van der Waals surface area contributed by atoms with E-state index in [1.165, 1.54) is 0 Å². The van der Waals surface area contributed by atoms with Crippen LogP contribution in [0.1, 0.15) is 42.5 Å². The van der Waals surface area contributed by atoms with Crippen LogP contribution in [0.2, 0.25) is 0 Å². The van der Waals surface area contributed by atoms with E-state index in [9.17, 15) is 13.2 Å². The second kappa shape index (κ2) is 6.37. The number of fused-ring (bicyclic) bond motifs is 2. The van der Waals surface area contributed by atoms with E-state index in [1.54, 1.807) is 6.20 Å². The average molecular weight is 355 g/mol. The van der Waals surface area contributed by atoms with Crippen LogP contribution in [-0.4, -0.2) is 29.7 Å². The maximum Gasteiger partial charge on any atom is 0.166 e. The second-order valence-electron chi connectivity index (χ2n) is 7.09. The van der Waals surface area contributed by atoms with Crippen molar-refractivity contribution in [3.8, 4) is 11.3 Å². The Labute approximate surface area is 148 Å². The molecule has 5 heteroatoms. The second-order valence-corrected chi connectivity index (χ2v) is 9.60. The Morgan fingerprint density at radius 3 is 2.24 bits per heavy atom. The van der Waals surface area contributed by atoms with E-state index in [0.29, 0.717) is 31.2 Å². The number of carbonyl (C=O) groups excluding carboxylic acids is 1. The van der Waals surface area contributed by atoms with Crippen molar-refractivity contribution >= 4 is 15.6 Å². The molecule has 3 heterocycles. The van der Waals surface area contributed by atoms with E-state index in [-0.39, 0.29) is 22.2 Å². The van der Waals surface area contributed by atoms with Crippen LogP contribution in [0.4, 0.5) is 0 Å². The molecular formula is C20H21NO3S. The van der Waals surface area contributed by atoms with Gasteiger partial charge in [0.2, 0.25) is 0 Å². The molecule has 0 spiro atoms. The summed E-state index contributed by atoms with van der Waals surface area (Å²) in [6.45, 7) is 0. The number of Topliss-reactive ketones (excluding diaryl/α,β-unsaturated/α-hetero) is 1. The van der Waals surface area contributed by atoms with Crippen LogP contribution in [-0.2, 0) is 9.84 Å². The van der Waals surface area contributed by atoms with Gasteiger partial charge in [0.15, 0.2) is 15.6 Å². The lowest BCUT2D eigenvalue weighted by Crippen LogP contribution is -2.45. The van der Waals surface area contributed by atoms with E-state index in [4.69, 9.17) is 0 Å². The topological polar surface area (TPSA) is 64.1 Å². The van der Waals surface area contributed by atoms with Crippen molar-refractivity contribution in [1.29, 1.82) is 0 Å². The minimum absolute atomic E-state index is 0.0828. The fraction of sp³-hybridized carbons (Fsp3) is 0.400. The van der Waals surface area contributed by atoms with Gasteiger partial charge in [-0.1, -0.05) is 36.8 Å². The number of hydrogen-bond acceptors (Lipinski definition) is 4. The quantitative estimate of drug-likeness (QED) is 0.788. The SMILES string of the molecule is O=C(c1ccc(-c2ccccn2)cc1)C1CC2CCCC(C1)S2(=O)=O. The van der Waals surface area contributed by atoms with Crippen LogP contribution < -0.4 is 0 Å². The van der Waals surface area contributed by atoms with Crippen LogP contribution in [0, 0.1) is 5.92 Å². The van der Waals surface area contributed by atoms with Crippen LogP contribution in [0.5, 0.6) is 0 Å². The fourth-order valence-electron chi connectivity index (χ4n) is 4.20. The van der Waals surface area contributed by atoms with Gasteiger partial charge in [0.05, 0.1) is 16.2 Å². The number of benzene rings is 1. The third-order valence-corrected chi connectivity index (χ3v) is 8.29. The van der Waals surface area contributed by atoms with Crippen molar-refractivity contribution in [2.45, 2.75) is 42.6 Å². The first kappa shape index (κ1) is 16.5. The highest BCUT2D eigenvalue weighted by Gasteiger charge is 2.46. The Morgan fingerprint density at radius 1 is 0.960 bits per heavy atom. The van der Waals surface area contributed by atoms with Gasteiger partial charge < -0.3 is 0 Å². The summed E-state index contributed by atoms with van der Waals surface area (Å²) < 4.78 is 24.8. The molecule has 0 aliphatic carbocycles. The lowest BCUT2D eigenvalue weighted by molar-refractivity contribution is 0.0894. The van der Waals surface area contributed by atoms with E-state index in [1.807, 2.05) is 42.5 Å². The van der Waals surface area contributed by atoms with Crippen LogP contribution in [0.15, 0.2) is 48.7 Å². The highest BCUT2D eigenvalue weighted by atomic mass is 32.2. The minimum atomic E-state index is -3.02. The van der Waals surface area contributed by atoms with Crippen molar-refractivity contribution in [2.24, 2.45) is 5.92 Å². The Kier molecular flexibility index (Phi) is 4.20. The van der Waals surface area contributed by atoms with Crippen molar-refractivity contribution in [3.05, 3.63) is 54.2 Å². The predicted molar refractivity (Wildman–Crippen MR) is 97.1 cm³/mol. The summed E-state index contributed by atoms with van der Waals surface area (Å²) in [6.07, 6.45) is 5.10. The first-order chi connectivity index (χ1) is 12.1. The zero-order chi connectivity index (χ0) is 17.4. The molecule has 2 fully saturated rings. The molecule has 2 aliphatic rings. The predicted octanol–water partition coefficient (Wildman–Crippen LogP) is 3.68. The molecule has 0 saturated carbocycles. The van der Waals surface area contributed by atoms with Crippen molar-refractivity contribution < 1.29 is 13.2 Å². The van der Waals surface area contributed by atoms with Crippen molar-refractivity contribution in [1.82, 2.24) is 4.98 Å². The minimum Gasteiger partial charge on any atom is -0.294 e. The van der Waals surface area contributed by atoms with Gasteiger partial charge in [-0.15, -0.1) is 0 Å². The van der Waals surface area contributed by atoms with E-state index >= 15 is 0 Å². The molecular weight excluding hydrogens is 334 g/mol. The molecule has 2 aliphatic heterocycles. The van der Waals surface area contributed by atoms with Gasteiger partial charge >= 0.3 is 0 Å². The molecule has 4 nitrogen and oxygen atoms in total. The van der Waals surface area contributed by atoms with Crippen molar-refractivity contribution in [3.63, 3.8) is 0 Å². The molecule has 0 radical (unpaired) electrons. The molecule has 1 aromatic heterocycles. The largest absolute Gasteiger partial charge is 0.294 e. The number of carbonyl (C=O) groups is 1. The first-order valence-electron chi connectivity index (χ1n) is 8.84. The van der Waals surface area contributed by atoms with Gasteiger partial charge in [-0.2, -0.15) is 0 Å². The number of rotatable bonds is 3. The summed E-state index contributed by atoms with van der Waals surface area (Å²) >= 11 is 0. The van der Waals surface area contributed by atoms with E-state index in [2.05, 4.69) is 4.98 Å². The lowest BCUT2D eigenvalue weighted by Gasteiger charge is -2.38.